The first-order valence-corrected chi connectivity index (χ1v) is 11.6. The molecule has 1 aromatic carbocycles. The summed E-state index contributed by atoms with van der Waals surface area (Å²) >= 11 is 0. The second kappa shape index (κ2) is 6.58. The highest BCUT2D eigenvalue weighted by Gasteiger charge is 2.65. The van der Waals surface area contributed by atoms with Crippen LogP contribution in [0.5, 0.6) is 0 Å². The van der Waals surface area contributed by atoms with Gasteiger partial charge in [0.2, 0.25) is 5.91 Å². The van der Waals surface area contributed by atoms with Crippen LogP contribution in [0.3, 0.4) is 0 Å². The first-order chi connectivity index (χ1) is 13.5. The fourth-order valence-electron chi connectivity index (χ4n) is 8.00. The number of nitrogens with two attached hydrogens (primary N) is 1. The van der Waals surface area contributed by atoms with Crippen molar-refractivity contribution in [3.63, 3.8) is 0 Å². The van der Waals surface area contributed by atoms with E-state index < -0.39 is 0 Å². The third kappa shape index (κ3) is 2.93. The third-order valence-corrected chi connectivity index (χ3v) is 8.91. The maximum atomic E-state index is 13.7. The number of carbonyl (C=O) groups is 1. The van der Waals surface area contributed by atoms with E-state index in [1.54, 1.807) is 0 Å². The second-order valence-corrected chi connectivity index (χ2v) is 10.9. The molecule has 3 N–H and O–H groups in total. The van der Waals surface area contributed by atoms with Crippen LogP contribution in [0.15, 0.2) is 30.3 Å². The highest BCUT2D eigenvalue weighted by molar-refractivity contribution is 5.84. The molecule has 4 atom stereocenters. The van der Waals surface area contributed by atoms with Crippen LogP contribution in [0, 0.1) is 16.7 Å². The minimum absolute atomic E-state index is 0.148. The van der Waals surface area contributed by atoms with E-state index in [9.17, 15) is 4.79 Å². The smallest absolute Gasteiger partial charge is 0.226 e. The Bertz CT molecular complexity index is 740. The number of hydrogen-bond donors (Lipinski definition) is 2. The van der Waals surface area contributed by atoms with E-state index in [0.29, 0.717) is 29.3 Å². The molecule has 5 aliphatic carbocycles. The molecule has 0 aromatic heterocycles. The van der Waals surface area contributed by atoms with Gasteiger partial charge >= 0.3 is 0 Å². The van der Waals surface area contributed by atoms with Crippen molar-refractivity contribution in [1.29, 1.82) is 0 Å². The van der Waals surface area contributed by atoms with Gasteiger partial charge in [0.25, 0.3) is 0 Å². The molecular formula is C25H36N2O. The Hall–Kier alpha value is -1.35. The van der Waals surface area contributed by atoms with Crippen LogP contribution in [0.2, 0.25) is 0 Å². The molecule has 2 unspecified atom stereocenters. The zero-order chi connectivity index (χ0) is 19.4. The van der Waals surface area contributed by atoms with Gasteiger partial charge in [-0.15, -0.1) is 0 Å². The molecule has 1 amide bonds. The summed E-state index contributed by atoms with van der Waals surface area (Å²) in [6, 6.07) is 11.8. The van der Waals surface area contributed by atoms with Crippen molar-refractivity contribution in [3.8, 4) is 0 Å². The lowest BCUT2D eigenvalue weighted by atomic mass is 9.38. The molecule has 5 saturated carbocycles. The lowest BCUT2D eigenvalue weighted by molar-refractivity contribution is -0.164. The normalized spacial score (nSPS) is 44.4. The van der Waals surface area contributed by atoms with E-state index >= 15 is 0 Å². The quantitative estimate of drug-likeness (QED) is 0.796. The van der Waals surface area contributed by atoms with Gasteiger partial charge < -0.3 is 11.1 Å². The molecule has 5 aliphatic rings. The Morgan fingerprint density at radius 3 is 2.50 bits per heavy atom. The predicted molar refractivity (Wildman–Crippen MR) is 113 cm³/mol. The van der Waals surface area contributed by atoms with Crippen molar-refractivity contribution in [2.45, 2.75) is 95.1 Å². The van der Waals surface area contributed by atoms with Crippen LogP contribution in [0.1, 0.15) is 83.1 Å². The van der Waals surface area contributed by atoms with Crippen LogP contribution < -0.4 is 11.1 Å². The molecule has 5 fully saturated rings. The number of benzene rings is 1. The van der Waals surface area contributed by atoms with Gasteiger partial charge in [-0.1, -0.05) is 43.7 Å². The van der Waals surface area contributed by atoms with Crippen molar-refractivity contribution in [3.05, 3.63) is 35.9 Å². The first-order valence-electron chi connectivity index (χ1n) is 11.6. The van der Waals surface area contributed by atoms with Gasteiger partial charge in [0.15, 0.2) is 0 Å². The largest absolute Gasteiger partial charge is 0.353 e. The minimum atomic E-state index is -0.148. The summed E-state index contributed by atoms with van der Waals surface area (Å²) in [5.74, 6) is 1.08. The van der Waals surface area contributed by atoms with Crippen LogP contribution in [-0.4, -0.2) is 18.0 Å². The Kier molecular flexibility index (Phi) is 4.39. The fourth-order valence-corrected chi connectivity index (χ4v) is 8.00. The van der Waals surface area contributed by atoms with Gasteiger partial charge in [0, 0.05) is 12.1 Å². The SMILES string of the molecule is CC[C@]12CC3CC(C(=O)NC4CCC(N)CC4)(C1)C[C@@](c1ccccc1)(C3)C2. The molecule has 0 spiro atoms. The second-order valence-electron chi connectivity index (χ2n) is 10.9. The van der Waals surface area contributed by atoms with Crippen LogP contribution in [0.4, 0.5) is 0 Å². The fraction of sp³-hybridized carbons (Fsp3) is 0.720. The topological polar surface area (TPSA) is 55.1 Å². The summed E-state index contributed by atoms with van der Waals surface area (Å²) < 4.78 is 0. The molecule has 3 nitrogen and oxygen atoms in total. The summed E-state index contributed by atoms with van der Waals surface area (Å²) in [6.07, 6.45) is 12.6. The van der Waals surface area contributed by atoms with Crippen molar-refractivity contribution >= 4 is 5.91 Å². The summed E-state index contributed by atoms with van der Waals surface area (Å²) in [5, 5.41) is 3.51. The van der Waals surface area contributed by atoms with Gasteiger partial charge in [-0.2, -0.15) is 0 Å². The Morgan fingerprint density at radius 2 is 1.79 bits per heavy atom. The van der Waals surface area contributed by atoms with Gasteiger partial charge in [0.1, 0.15) is 0 Å². The molecule has 4 bridgehead atoms. The van der Waals surface area contributed by atoms with Gasteiger partial charge in [-0.3, -0.25) is 4.79 Å². The molecule has 0 heterocycles. The Labute approximate surface area is 169 Å². The number of carbonyl (C=O) groups excluding carboxylic acids is 1. The highest BCUT2D eigenvalue weighted by Crippen LogP contribution is 2.71. The summed E-state index contributed by atoms with van der Waals surface area (Å²) in [4.78, 5) is 13.7. The van der Waals surface area contributed by atoms with E-state index in [1.165, 1.54) is 31.2 Å². The Morgan fingerprint density at radius 1 is 1.04 bits per heavy atom. The first kappa shape index (κ1) is 18.7. The molecule has 1 aromatic rings. The molecule has 0 aliphatic heterocycles. The number of amides is 1. The summed E-state index contributed by atoms with van der Waals surface area (Å²) in [7, 11) is 0. The van der Waals surface area contributed by atoms with Gasteiger partial charge in [-0.25, -0.2) is 0 Å². The van der Waals surface area contributed by atoms with E-state index in [1.807, 2.05) is 0 Å². The van der Waals surface area contributed by atoms with Crippen LogP contribution in [-0.2, 0) is 10.2 Å². The molecule has 0 radical (unpaired) electrons. The van der Waals surface area contributed by atoms with Crippen molar-refractivity contribution < 1.29 is 4.79 Å². The predicted octanol–water partition coefficient (Wildman–Crippen LogP) is 4.69. The molecule has 28 heavy (non-hydrogen) atoms. The number of hydrogen-bond acceptors (Lipinski definition) is 2. The number of nitrogens with one attached hydrogen (secondary N) is 1. The van der Waals surface area contributed by atoms with Crippen LogP contribution >= 0.6 is 0 Å². The molecule has 3 heteroatoms. The van der Waals surface area contributed by atoms with Crippen molar-refractivity contribution in [1.82, 2.24) is 5.32 Å². The molecular weight excluding hydrogens is 344 g/mol. The zero-order valence-corrected chi connectivity index (χ0v) is 17.4. The van der Waals surface area contributed by atoms with E-state index in [2.05, 4.69) is 42.6 Å². The highest BCUT2D eigenvalue weighted by atomic mass is 16.2. The third-order valence-electron chi connectivity index (χ3n) is 8.91. The average molecular weight is 381 g/mol. The van der Waals surface area contributed by atoms with Crippen molar-refractivity contribution in [2.24, 2.45) is 22.5 Å². The lowest BCUT2D eigenvalue weighted by Gasteiger charge is -2.66. The maximum absolute atomic E-state index is 13.7. The molecule has 152 valence electrons. The average Bonchev–Trinajstić information content (AvgIpc) is 2.69. The molecule has 0 saturated heterocycles. The standard InChI is InChI=1S/C25H36N2O/c1-2-23-12-18-13-24(15-23,19-6-4-3-5-7-19)17-25(14-18,16-23)22(28)27-21-10-8-20(26)9-11-21/h3-7,18,20-21H,2,8-17,26H2,1H3,(H,27,28)/t18?,20?,21?,23-,24-,25?/m1/s1. The minimum Gasteiger partial charge on any atom is -0.353 e. The molecule has 6 rings (SSSR count). The van der Waals surface area contributed by atoms with Gasteiger partial charge in [0.05, 0.1) is 5.41 Å². The van der Waals surface area contributed by atoms with E-state index in [0.717, 1.165) is 44.9 Å². The zero-order valence-electron chi connectivity index (χ0n) is 17.4. The Balaban J connectivity index is 1.45. The number of rotatable bonds is 4. The maximum Gasteiger partial charge on any atom is 0.226 e. The lowest BCUT2D eigenvalue weighted by Crippen LogP contribution is -2.63. The van der Waals surface area contributed by atoms with Crippen LogP contribution in [0.25, 0.3) is 0 Å². The van der Waals surface area contributed by atoms with Crippen molar-refractivity contribution in [2.75, 3.05) is 0 Å². The summed E-state index contributed by atoms with van der Waals surface area (Å²) in [5.41, 5.74) is 7.99. The summed E-state index contributed by atoms with van der Waals surface area (Å²) in [6.45, 7) is 2.36. The van der Waals surface area contributed by atoms with E-state index in [4.69, 9.17) is 5.73 Å². The van der Waals surface area contributed by atoms with Gasteiger partial charge in [-0.05, 0) is 86.5 Å². The van der Waals surface area contributed by atoms with E-state index in [-0.39, 0.29) is 10.8 Å². The monoisotopic (exact) mass is 380 g/mol.